The Balaban J connectivity index is 2.33. The molecule has 0 radical (unpaired) electrons. The number of rotatable bonds is 2. The highest BCUT2D eigenvalue weighted by atomic mass is 16.6. The van der Waals surface area contributed by atoms with E-state index in [1.54, 1.807) is 12.1 Å². The summed E-state index contributed by atoms with van der Waals surface area (Å²) in [6.07, 6.45) is -0.708. The lowest BCUT2D eigenvalue weighted by molar-refractivity contribution is -0.142. The Hall–Kier alpha value is -2.04. The monoisotopic (exact) mass is 222 g/mol. The maximum Gasteiger partial charge on any atom is 0.342 e. The molecule has 0 fully saturated rings. The molecule has 0 aliphatic carbocycles. The van der Waals surface area contributed by atoms with E-state index in [-0.39, 0.29) is 17.7 Å². The van der Waals surface area contributed by atoms with Crippen molar-refractivity contribution >= 4 is 11.9 Å². The van der Waals surface area contributed by atoms with Crippen molar-refractivity contribution in [3.8, 4) is 5.75 Å². The molecule has 1 N–H and O–H groups in total. The lowest BCUT2D eigenvalue weighted by Crippen LogP contribution is -2.08. The number of benzene rings is 1. The van der Waals surface area contributed by atoms with Gasteiger partial charge >= 0.3 is 11.9 Å². The minimum atomic E-state index is -0.665. The number of aromatic hydroxyl groups is 1. The summed E-state index contributed by atoms with van der Waals surface area (Å²) >= 11 is 0. The van der Waals surface area contributed by atoms with Crippen LogP contribution in [0.2, 0.25) is 0 Å². The molecule has 2 rings (SSSR count). The Bertz CT molecular complexity index is 452. The lowest BCUT2D eigenvalue weighted by atomic mass is 10.0. The Kier molecular flexibility index (Phi) is 2.52. The van der Waals surface area contributed by atoms with Gasteiger partial charge in [0.25, 0.3) is 0 Å². The maximum absolute atomic E-state index is 11.4. The number of ether oxygens (including phenoxy) is 2. The van der Waals surface area contributed by atoms with E-state index in [0.29, 0.717) is 5.56 Å². The van der Waals surface area contributed by atoms with E-state index in [2.05, 4.69) is 4.74 Å². The maximum atomic E-state index is 11.4. The molecule has 1 aromatic carbocycles. The highest BCUT2D eigenvalue weighted by Crippen LogP contribution is 2.37. The van der Waals surface area contributed by atoms with Gasteiger partial charge in [-0.2, -0.15) is 0 Å². The van der Waals surface area contributed by atoms with Gasteiger partial charge in [-0.25, -0.2) is 4.79 Å². The van der Waals surface area contributed by atoms with Crippen LogP contribution in [-0.4, -0.2) is 24.2 Å². The molecule has 0 spiro atoms. The van der Waals surface area contributed by atoms with E-state index in [4.69, 9.17) is 4.74 Å². The quantitative estimate of drug-likeness (QED) is 0.760. The minimum absolute atomic E-state index is 0.0430. The number of methoxy groups -OCH3 is 1. The molecule has 1 heterocycles. The SMILES string of the molecule is COC(=O)C[C@@H]1OC(=O)c2c(O)cccc21. The molecule has 0 unspecified atom stereocenters. The summed E-state index contributed by atoms with van der Waals surface area (Å²) in [6.45, 7) is 0. The van der Waals surface area contributed by atoms with Gasteiger partial charge < -0.3 is 14.6 Å². The van der Waals surface area contributed by atoms with Gasteiger partial charge in [0, 0.05) is 5.56 Å². The van der Waals surface area contributed by atoms with Crippen LogP contribution in [0, 0.1) is 0 Å². The molecule has 16 heavy (non-hydrogen) atoms. The van der Waals surface area contributed by atoms with Crippen molar-refractivity contribution in [2.75, 3.05) is 7.11 Å². The normalized spacial score (nSPS) is 17.8. The number of cyclic esters (lactones) is 1. The number of hydrogen-bond acceptors (Lipinski definition) is 5. The third-order valence-electron chi connectivity index (χ3n) is 2.45. The average Bonchev–Trinajstić information content (AvgIpc) is 2.57. The van der Waals surface area contributed by atoms with Gasteiger partial charge in [-0.1, -0.05) is 12.1 Å². The van der Waals surface area contributed by atoms with E-state index in [1.807, 2.05) is 0 Å². The van der Waals surface area contributed by atoms with Crippen molar-refractivity contribution < 1.29 is 24.2 Å². The second kappa shape index (κ2) is 3.84. The van der Waals surface area contributed by atoms with Gasteiger partial charge in [-0.15, -0.1) is 0 Å². The molecule has 0 bridgehead atoms. The third kappa shape index (κ3) is 1.60. The van der Waals surface area contributed by atoms with Crippen molar-refractivity contribution in [1.29, 1.82) is 0 Å². The standard InChI is InChI=1S/C11H10O5/c1-15-9(13)5-8-6-3-2-4-7(12)10(6)11(14)16-8/h2-4,8,12H,5H2,1H3/t8-/m0/s1. The highest BCUT2D eigenvalue weighted by Gasteiger charge is 2.34. The number of phenolic OH excluding ortho intramolecular Hbond substituents is 1. The van der Waals surface area contributed by atoms with Crippen LogP contribution in [0.1, 0.15) is 28.4 Å². The van der Waals surface area contributed by atoms with Gasteiger partial charge in [0.2, 0.25) is 0 Å². The van der Waals surface area contributed by atoms with Crippen LogP contribution in [0.3, 0.4) is 0 Å². The fourth-order valence-electron chi connectivity index (χ4n) is 1.69. The fraction of sp³-hybridized carbons (Fsp3) is 0.273. The predicted octanol–water partition coefficient (Wildman–Crippen LogP) is 1.17. The first-order valence-corrected chi connectivity index (χ1v) is 4.73. The number of hydrogen-bond donors (Lipinski definition) is 1. The lowest BCUT2D eigenvalue weighted by Gasteiger charge is -2.08. The van der Waals surface area contributed by atoms with Crippen LogP contribution in [0.4, 0.5) is 0 Å². The Morgan fingerprint density at radius 2 is 2.31 bits per heavy atom. The van der Waals surface area contributed by atoms with E-state index in [1.165, 1.54) is 13.2 Å². The molecule has 5 heteroatoms. The molecule has 1 atom stereocenters. The Morgan fingerprint density at radius 1 is 1.56 bits per heavy atom. The van der Waals surface area contributed by atoms with Crippen LogP contribution >= 0.6 is 0 Å². The zero-order chi connectivity index (χ0) is 11.7. The van der Waals surface area contributed by atoms with Gasteiger partial charge in [-0.3, -0.25) is 4.79 Å². The Morgan fingerprint density at radius 3 is 3.00 bits per heavy atom. The van der Waals surface area contributed by atoms with Gasteiger partial charge in [0.05, 0.1) is 13.5 Å². The molecule has 0 amide bonds. The number of fused-ring (bicyclic) bond motifs is 1. The summed E-state index contributed by atoms with van der Waals surface area (Å²) in [4.78, 5) is 22.5. The first-order chi connectivity index (χ1) is 7.63. The van der Waals surface area contributed by atoms with E-state index in [0.717, 1.165) is 0 Å². The van der Waals surface area contributed by atoms with Crippen molar-refractivity contribution in [2.24, 2.45) is 0 Å². The fourth-order valence-corrected chi connectivity index (χ4v) is 1.69. The number of esters is 2. The van der Waals surface area contributed by atoms with Crippen molar-refractivity contribution in [2.45, 2.75) is 12.5 Å². The molecule has 5 nitrogen and oxygen atoms in total. The first-order valence-electron chi connectivity index (χ1n) is 4.73. The summed E-state index contributed by atoms with van der Waals surface area (Å²) in [5, 5.41) is 9.49. The first kappa shape index (κ1) is 10.5. The van der Waals surface area contributed by atoms with Crippen molar-refractivity contribution in [3.05, 3.63) is 29.3 Å². The van der Waals surface area contributed by atoms with Crippen LogP contribution in [0.15, 0.2) is 18.2 Å². The van der Waals surface area contributed by atoms with Crippen molar-refractivity contribution in [1.82, 2.24) is 0 Å². The number of carbonyl (C=O) groups excluding carboxylic acids is 2. The minimum Gasteiger partial charge on any atom is -0.507 e. The Labute approximate surface area is 91.6 Å². The second-order valence-corrected chi connectivity index (χ2v) is 3.42. The van der Waals surface area contributed by atoms with Gasteiger partial charge in [0.1, 0.15) is 17.4 Å². The summed E-state index contributed by atoms with van der Waals surface area (Å²) < 4.78 is 9.49. The average molecular weight is 222 g/mol. The molecular formula is C11H10O5. The van der Waals surface area contributed by atoms with Crippen LogP contribution < -0.4 is 0 Å². The zero-order valence-corrected chi connectivity index (χ0v) is 8.60. The smallest absolute Gasteiger partial charge is 0.342 e. The molecule has 1 aromatic rings. The summed E-state index contributed by atoms with van der Waals surface area (Å²) in [7, 11) is 1.27. The summed E-state index contributed by atoms with van der Waals surface area (Å²) in [5.74, 6) is -1.20. The topological polar surface area (TPSA) is 72.8 Å². The van der Waals surface area contributed by atoms with Crippen molar-refractivity contribution in [3.63, 3.8) is 0 Å². The van der Waals surface area contributed by atoms with Crippen LogP contribution in [0.25, 0.3) is 0 Å². The zero-order valence-electron chi connectivity index (χ0n) is 8.60. The summed E-state index contributed by atoms with van der Waals surface area (Å²) in [6, 6.07) is 4.65. The van der Waals surface area contributed by atoms with Crippen LogP contribution in [0.5, 0.6) is 5.75 Å². The van der Waals surface area contributed by atoms with E-state index >= 15 is 0 Å². The van der Waals surface area contributed by atoms with Crippen LogP contribution in [-0.2, 0) is 14.3 Å². The second-order valence-electron chi connectivity index (χ2n) is 3.42. The molecule has 0 saturated heterocycles. The van der Waals surface area contributed by atoms with E-state index < -0.39 is 18.0 Å². The van der Waals surface area contributed by atoms with Gasteiger partial charge in [-0.05, 0) is 6.07 Å². The molecule has 0 saturated carbocycles. The predicted molar refractivity (Wildman–Crippen MR) is 52.9 cm³/mol. The molecule has 84 valence electrons. The highest BCUT2D eigenvalue weighted by molar-refractivity contribution is 5.97. The van der Waals surface area contributed by atoms with E-state index in [9.17, 15) is 14.7 Å². The molecular weight excluding hydrogens is 212 g/mol. The largest absolute Gasteiger partial charge is 0.507 e. The number of carbonyl (C=O) groups is 2. The number of phenols is 1. The molecule has 1 aliphatic rings. The van der Waals surface area contributed by atoms with Gasteiger partial charge in [0.15, 0.2) is 0 Å². The molecule has 0 aromatic heterocycles. The summed E-state index contributed by atoms with van der Waals surface area (Å²) in [5.41, 5.74) is 0.659. The molecule has 1 aliphatic heterocycles. The third-order valence-corrected chi connectivity index (χ3v) is 2.45.